The first-order valence-corrected chi connectivity index (χ1v) is 9.17. The van der Waals surface area contributed by atoms with Crippen molar-refractivity contribution in [3.8, 4) is 5.75 Å². The van der Waals surface area contributed by atoms with Crippen molar-refractivity contribution < 1.29 is 4.74 Å². The number of methoxy groups -OCH3 is 1. The largest absolute Gasteiger partial charge is 0.497 e. The molecule has 0 fully saturated rings. The van der Waals surface area contributed by atoms with Crippen molar-refractivity contribution in [2.24, 2.45) is 0 Å². The maximum Gasteiger partial charge on any atom is 0.137 e. The lowest BCUT2D eigenvalue weighted by atomic mass is 9.91. The number of rotatable bonds is 6. The normalized spacial score (nSPS) is 11.9. The van der Waals surface area contributed by atoms with E-state index in [4.69, 9.17) is 10.5 Å². The first-order valence-electron chi connectivity index (χ1n) is 9.17. The molecule has 0 radical (unpaired) electrons. The molecule has 0 amide bonds. The summed E-state index contributed by atoms with van der Waals surface area (Å²) in [5, 5.41) is 4.42. The van der Waals surface area contributed by atoms with Gasteiger partial charge in [0.15, 0.2) is 0 Å². The lowest BCUT2D eigenvalue weighted by molar-refractivity contribution is 0.414. The van der Waals surface area contributed by atoms with E-state index in [1.165, 1.54) is 11.1 Å². The number of nitrogens with zero attached hydrogens (tertiary/aromatic N) is 2. The number of ether oxygens (including phenoxy) is 1. The lowest BCUT2D eigenvalue weighted by Crippen LogP contribution is -2.15. The van der Waals surface area contributed by atoms with E-state index in [1.807, 2.05) is 36.4 Å². The van der Waals surface area contributed by atoms with Crippen LogP contribution >= 0.6 is 0 Å². The summed E-state index contributed by atoms with van der Waals surface area (Å²) in [7, 11) is 1.69. The fourth-order valence-corrected chi connectivity index (χ4v) is 3.39. The second kappa shape index (κ2) is 7.96. The summed E-state index contributed by atoms with van der Waals surface area (Å²) in [6.45, 7) is 0.679. The molecule has 4 aromatic rings. The van der Waals surface area contributed by atoms with Crippen LogP contribution < -0.4 is 15.8 Å². The smallest absolute Gasteiger partial charge is 0.137 e. The zero-order valence-electron chi connectivity index (χ0n) is 15.7. The van der Waals surface area contributed by atoms with E-state index in [2.05, 4.69) is 51.7 Å². The van der Waals surface area contributed by atoms with Crippen LogP contribution in [0.1, 0.15) is 17.0 Å². The Hall–Kier alpha value is -3.60. The van der Waals surface area contributed by atoms with Crippen molar-refractivity contribution in [3.63, 3.8) is 0 Å². The molecule has 1 aromatic heterocycles. The van der Waals surface area contributed by atoms with E-state index in [0.29, 0.717) is 12.2 Å². The fourth-order valence-electron chi connectivity index (χ4n) is 3.39. The van der Waals surface area contributed by atoms with Crippen molar-refractivity contribution in [2.75, 3.05) is 24.7 Å². The van der Waals surface area contributed by atoms with E-state index in [-0.39, 0.29) is 5.92 Å². The minimum absolute atomic E-state index is 0.141. The molecule has 0 aliphatic rings. The van der Waals surface area contributed by atoms with Crippen LogP contribution in [0.5, 0.6) is 5.75 Å². The fraction of sp³-hybridized carbons (Fsp3) is 0.130. The van der Waals surface area contributed by atoms with E-state index in [9.17, 15) is 0 Å². The van der Waals surface area contributed by atoms with Crippen LogP contribution in [0.25, 0.3) is 10.9 Å². The van der Waals surface area contributed by atoms with Gasteiger partial charge >= 0.3 is 0 Å². The number of nitrogens with one attached hydrogen (secondary N) is 1. The van der Waals surface area contributed by atoms with E-state index in [0.717, 1.165) is 22.5 Å². The second-order valence-electron chi connectivity index (χ2n) is 6.62. The van der Waals surface area contributed by atoms with Gasteiger partial charge in [0.2, 0.25) is 0 Å². The molecule has 3 N–H and O–H groups in total. The highest BCUT2D eigenvalue weighted by Crippen LogP contribution is 2.29. The third kappa shape index (κ3) is 3.74. The van der Waals surface area contributed by atoms with Gasteiger partial charge < -0.3 is 15.8 Å². The number of benzene rings is 3. The van der Waals surface area contributed by atoms with Gasteiger partial charge in [-0.1, -0.05) is 42.5 Å². The molecule has 0 saturated carbocycles. The average molecular weight is 370 g/mol. The van der Waals surface area contributed by atoms with Crippen molar-refractivity contribution in [3.05, 3.63) is 90.3 Å². The SMILES string of the molecule is COc1cccc(C(CNc2ncnc3ccc(N)cc23)c2ccccc2)c1. The number of nitrogen functional groups attached to an aromatic ring is 1. The monoisotopic (exact) mass is 370 g/mol. The molecule has 3 aromatic carbocycles. The second-order valence-corrected chi connectivity index (χ2v) is 6.62. The maximum atomic E-state index is 5.97. The number of nitrogens with two attached hydrogens (primary N) is 1. The number of hydrogen-bond donors (Lipinski definition) is 2. The quantitative estimate of drug-likeness (QED) is 0.490. The Morgan fingerprint density at radius 2 is 1.75 bits per heavy atom. The Morgan fingerprint density at radius 3 is 2.57 bits per heavy atom. The van der Waals surface area contributed by atoms with E-state index in [1.54, 1.807) is 13.4 Å². The standard InChI is InChI=1S/C23H22N4O/c1-28-19-9-5-8-17(12-19)21(16-6-3-2-4-7-16)14-25-23-20-13-18(24)10-11-22(20)26-15-27-23/h2-13,15,21H,14,24H2,1H3,(H,25,26,27). The molecule has 4 rings (SSSR count). The van der Waals surface area contributed by atoms with Gasteiger partial charge in [-0.2, -0.15) is 0 Å². The lowest BCUT2D eigenvalue weighted by Gasteiger charge is -2.20. The van der Waals surface area contributed by atoms with Crippen LogP contribution in [0.4, 0.5) is 11.5 Å². The highest BCUT2D eigenvalue weighted by molar-refractivity contribution is 5.91. The van der Waals surface area contributed by atoms with Gasteiger partial charge in [-0.3, -0.25) is 0 Å². The molecular weight excluding hydrogens is 348 g/mol. The molecule has 0 saturated heterocycles. The minimum atomic E-state index is 0.141. The molecule has 0 bridgehead atoms. The highest BCUT2D eigenvalue weighted by atomic mass is 16.5. The van der Waals surface area contributed by atoms with Crippen LogP contribution in [0.15, 0.2) is 79.1 Å². The number of hydrogen-bond acceptors (Lipinski definition) is 5. The minimum Gasteiger partial charge on any atom is -0.497 e. The molecule has 0 aliphatic carbocycles. The zero-order chi connectivity index (χ0) is 19.3. The summed E-state index contributed by atoms with van der Waals surface area (Å²) in [5.74, 6) is 1.77. The van der Waals surface area contributed by atoms with Crippen LogP contribution in [0, 0.1) is 0 Å². The molecule has 5 heteroatoms. The Labute approximate surface area is 164 Å². The van der Waals surface area contributed by atoms with Gasteiger partial charge in [0.1, 0.15) is 17.9 Å². The van der Waals surface area contributed by atoms with Crippen LogP contribution in [-0.2, 0) is 0 Å². The molecule has 28 heavy (non-hydrogen) atoms. The van der Waals surface area contributed by atoms with Crippen LogP contribution in [-0.4, -0.2) is 23.6 Å². The van der Waals surface area contributed by atoms with Gasteiger partial charge in [0.05, 0.1) is 12.6 Å². The van der Waals surface area contributed by atoms with E-state index >= 15 is 0 Å². The highest BCUT2D eigenvalue weighted by Gasteiger charge is 2.16. The topological polar surface area (TPSA) is 73.1 Å². The third-order valence-corrected chi connectivity index (χ3v) is 4.83. The average Bonchev–Trinajstić information content (AvgIpc) is 2.75. The first-order chi connectivity index (χ1) is 13.7. The van der Waals surface area contributed by atoms with Crippen LogP contribution in [0.2, 0.25) is 0 Å². The molecule has 1 atom stereocenters. The van der Waals surface area contributed by atoms with Gasteiger partial charge in [-0.25, -0.2) is 9.97 Å². The van der Waals surface area contributed by atoms with Crippen molar-refractivity contribution in [1.29, 1.82) is 0 Å². The van der Waals surface area contributed by atoms with Gasteiger partial charge in [0.25, 0.3) is 0 Å². The summed E-state index contributed by atoms with van der Waals surface area (Å²) < 4.78 is 5.42. The number of aromatic nitrogens is 2. The van der Waals surface area contributed by atoms with Gasteiger partial charge in [-0.05, 0) is 41.5 Å². The Morgan fingerprint density at radius 1 is 0.929 bits per heavy atom. The Kier molecular flexibility index (Phi) is 5.06. The van der Waals surface area contributed by atoms with E-state index < -0.39 is 0 Å². The van der Waals surface area contributed by atoms with Gasteiger partial charge in [-0.15, -0.1) is 0 Å². The summed E-state index contributed by atoms with van der Waals surface area (Å²) in [6, 6.07) is 24.3. The van der Waals surface area contributed by atoms with Crippen molar-refractivity contribution >= 4 is 22.4 Å². The van der Waals surface area contributed by atoms with Gasteiger partial charge in [0, 0.05) is 23.5 Å². The predicted octanol–water partition coefficient (Wildman–Crippen LogP) is 4.46. The molecule has 1 heterocycles. The molecule has 1 unspecified atom stereocenters. The van der Waals surface area contributed by atoms with Crippen LogP contribution in [0.3, 0.4) is 0 Å². The summed E-state index contributed by atoms with van der Waals surface area (Å²) in [4.78, 5) is 8.76. The first kappa shape index (κ1) is 17.8. The third-order valence-electron chi connectivity index (χ3n) is 4.83. The summed E-state index contributed by atoms with van der Waals surface area (Å²) in [6.07, 6.45) is 1.57. The molecule has 5 nitrogen and oxygen atoms in total. The number of fused-ring (bicyclic) bond motifs is 1. The summed E-state index contributed by atoms with van der Waals surface area (Å²) >= 11 is 0. The molecular formula is C23H22N4O. The molecule has 0 spiro atoms. The van der Waals surface area contributed by atoms with Crippen molar-refractivity contribution in [2.45, 2.75) is 5.92 Å². The Balaban J connectivity index is 1.68. The Bertz CT molecular complexity index is 1080. The molecule has 140 valence electrons. The maximum absolute atomic E-state index is 5.97. The van der Waals surface area contributed by atoms with Crippen molar-refractivity contribution in [1.82, 2.24) is 9.97 Å². The number of anilines is 2. The predicted molar refractivity (Wildman–Crippen MR) is 114 cm³/mol. The summed E-state index contributed by atoms with van der Waals surface area (Å²) in [5.41, 5.74) is 9.92. The molecule has 0 aliphatic heterocycles. The zero-order valence-corrected chi connectivity index (χ0v) is 15.7.